The van der Waals surface area contributed by atoms with Gasteiger partial charge < -0.3 is 5.32 Å². The van der Waals surface area contributed by atoms with Crippen LogP contribution in [0.4, 0.5) is 0 Å². The van der Waals surface area contributed by atoms with Gasteiger partial charge in [-0.05, 0) is 12.1 Å². The summed E-state index contributed by atoms with van der Waals surface area (Å²) in [5, 5.41) is 2.33. The lowest BCUT2D eigenvalue weighted by atomic mass is 10.1. The number of hydrogen-bond donors (Lipinski definition) is 1. The Balaban J connectivity index is 2.39. The minimum Gasteiger partial charge on any atom is -0.325 e. The van der Waals surface area contributed by atoms with Crippen molar-refractivity contribution in [2.75, 3.05) is 0 Å². The summed E-state index contributed by atoms with van der Waals surface area (Å²) in [6.07, 6.45) is 2.96. The smallest absolute Gasteiger partial charge is 0.296 e. The SMILES string of the molecule is O=C1NC=C(c2ccccn2)C1=O. The van der Waals surface area contributed by atoms with Gasteiger partial charge in [-0.15, -0.1) is 0 Å². The first-order valence-corrected chi connectivity index (χ1v) is 3.76. The van der Waals surface area contributed by atoms with E-state index in [-0.39, 0.29) is 0 Å². The number of rotatable bonds is 1. The van der Waals surface area contributed by atoms with Crippen LogP contribution in [0.25, 0.3) is 5.57 Å². The Morgan fingerprint density at radius 2 is 2.08 bits per heavy atom. The average Bonchev–Trinajstić information content (AvgIpc) is 2.49. The van der Waals surface area contributed by atoms with E-state index in [1.165, 1.54) is 6.20 Å². The van der Waals surface area contributed by atoms with Crippen LogP contribution in [0.15, 0.2) is 30.6 Å². The quantitative estimate of drug-likeness (QED) is 0.615. The van der Waals surface area contributed by atoms with Crippen molar-refractivity contribution >= 4 is 17.3 Å². The fourth-order valence-corrected chi connectivity index (χ4v) is 1.10. The highest BCUT2D eigenvalue weighted by Gasteiger charge is 2.25. The maximum Gasteiger partial charge on any atom is 0.296 e. The standard InChI is InChI=1S/C9H6N2O2/c12-8-6(5-11-9(8)13)7-3-1-2-4-10-7/h1-5H,(H,11,12,13). The molecule has 0 bridgehead atoms. The Kier molecular flexibility index (Phi) is 1.66. The molecule has 1 aliphatic rings. The zero-order chi connectivity index (χ0) is 9.26. The highest BCUT2D eigenvalue weighted by molar-refractivity contribution is 6.55. The number of pyridine rings is 1. The van der Waals surface area contributed by atoms with Gasteiger partial charge in [0.2, 0.25) is 0 Å². The molecule has 4 nitrogen and oxygen atoms in total. The van der Waals surface area contributed by atoms with Crippen molar-refractivity contribution in [3.05, 3.63) is 36.3 Å². The fourth-order valence-electron chi connectivity index (χ4n) is 1.10. The van der Waals surface area contributed by atoms with Crippen molar-refractivity contribution in [3.63, 3.8) is 0 Å². The molecule has 0 unspecified atom stereocenters. The van der Waals surface area contributed by atoms with Crippen LogP contribution in [-0.4, -0.2) is 16.7 Å². The molecule has 0 fully saturated rings. The van der Waals surface area contributed by atoms with E-state index in [1.807, 2.05) is 0 Å². The molecule has 13 heavy (non-hydrogen) atoms. The molecule has 2 rings (SSSR count). The van der Waals surface area contributed by atoms with Crippen LogP contribution in [-0.2, 0) is 9.59 Å². The molecule has 0 aromatic carbocycles. The summed E-state index contributed by atoms with van der Waals surface area (Å²) < 4.78 is 0. The third-order valence-corrected chi connectivity index (χ3v) is 1.74. The van der Waals surface area contributed by atoms with Gasteiger partial charge in [0.25, 0.3) is 11.7 Å². The van der Waals surface area contributed by atoms with Crippen molar-refractivity contribution in [3.8, 4) is 0 Å². The number of aromatic nitrogens is 1. The first-order valence-electron chi connectivity index (χ1n) is 3.76. The molecular weight excluding hydrogens is 168 g/mol. The second-order valence-electron chi connectivity index (χ2n) is 2.58. The molecule has 0 atom stereocenters. The number of ketones is 1. The van der Waals surface area contributed by atoms with Crippen LogP contribution in [0.2, 0.25) is 0 Å². The number of carbonyl (C=O) groups is 2. The minimum absolute atomic E-state index is 0.325. The fraction of sp³-hybridized carbons (Fsp3) is 0. The summed E-state index contributed by atoms with van der Waals surface area (Å²) in [6, 6.07) is 5.20. The van der Waals surface area contributed by atoms with E-state index >= 15 is 0 Å². The molecule has 4 heteroatoms. The zero-order valence-corrected chi connectivity index (χ0v) is 6.65. The van der Waals surface area contributed by atoms with E-state index in [9.17, 15) is 9.59 Å². The molecule has 2 heterocycles. The Morgan fingerprint density at radius 3 is 2.62 bits per heavy atom. The topological polar surface area (TPSA) is 59.1 Å². The van der Waals surface area contributed by atoms with E-state index in [2.05, 4.69) is 10.3 Å². The van der Waals surface area contributed by atoms with E-state index in [4.69, 9.17) is 0 Å². The molecule has 1 aromatic heterocycles. The molecule has 1 aromatic rings. The zero-order valence-electron chi connectivity index (χ0n) is 6.65. The van der Waals surface area contributed by atoms with Gasteiger partial charge in [0.1, 0.15) is 0 Å². The van der Waals surface area contributed by atoms with Crippen LogP contribution in [0, 0.1) is 0 Å². The molecule has 0 aliphatic carbocycles. The van der Waals surface area contributed by atoms with Gasteiger partial charge in [0.05, 0.1) is 11.3 Å². The summed E-state index contributed by atoms with van der Waals surface area (Å²) in [5.74, 6) is -1.13. The monoisotopic (exact) mass is 174 g/mol. The maximum absolute atomic E-state index is 11.2. The van der Waals surface area contributed by atoms with Gasteiger partial charge in [-0.3, -0.25) is 14.6 Å². The van der Waals surface area contributed by atoms with Crippen molar-refractivity contribution in [1.82, 2.24) is 10.3 Å². The van der Waals surface area contributed by atoms with Crippen LogP contribution >= 0.6 is 0 Å². The number of carbonyl (C=O) groups excluding carboxylic acids is 2. The number of nitrogens with one attached hydrogen (secondary N) is 1. The molecule has 0 saturated heterocycles. The second-order valence-corrected chi connectivity index (χ2v) is 2.58. The van der Waals surface area contributed by atoms with Crippen LogP contribution in [0.3, 0.4) is 0 Å². The Morgan fingerprint density at radius 1 is 1.23 bits per heavy atom. The third-order valence-electron chi connectivity index (χ3n) is 1.74. The largest absolute Gasteiger partial charge is 0.325 e. The highest BCUT2D eigenvalue weighted by atomic mass is 16.2. The summed E-state index contributed by atoms with van der Waals surface area (Å²) in [7, 11) is 0. The van der Waals surface area contributed by atoms with Gasteiger partial charge in [-0.25, -0.2) is 0 Å². The predicted molar refractivity (Wildman–Crippen MR) is 45.4 cm³/mol. The summed E-state index contributed by atoms with van der Waals surface area (Å²) >= 11 is 0. The average molecular weight is 174 g/mol. The Hall–Kier alpha value is -1.97. The molecule has 0 radical (unpaired) electrons. The van der Waals surface area contributed by atoms with Crippen molar-refractivity contribution < 1.29 is 9.59 Å². The highest BCUT2D eigenvalue weighted by Crippen LogP contribution is 2.14. The molecule has 1 aliphatic heterocycles. The van der Waals surface area contributed by atoms with E-state index in [0.29, 0.717) is 11.3 Å². The Labute approximate surface area is 74.3 Å². The first-order chi connectivity index (χ1) is 6.29. The third kappa shape index (κ3) is 1.22. The Bertz CT molecular complexity index is 395. The van der Waals surface area contributed by atoms with E-state index < -0.39 is 11.7 Å². The van der Waals surface area contributed by atoms with E-state index in [0.717, 1.165) is 0 Å². The van der Waals surface area contributed by atoms with Gasteiger partial charge in [0.15, 0.2) is 0 Å². The van der Waals surface area contributed by atoms with E-state index in [1.54, 1.807) is 24.4 Å². The summed E-state index contributed by atoms with van der Waals surface area (Å²) in [4.78, 5) is 26.0. The van der Waals surface area contributed by atoms with Gasteiger partial charge in [-0.1, -0.05) is 6.07 Å². The second kappa shape index (κ2) is 2.82. The van der Waals surface area contributed by atoms with Crippen LogP contribution in [0.5, 0.6) is 0 Å². The maximum atomic E-state index is 11.2. The lowest BCUT2D eigenvalue weighted by Crippen LogP contribution is -2.19. The van der Waals surface area contributed by atoms with Crippen LogP contribution < -0.4 is 5.32 Å². The molecule has 0 spiro atoms. The normalized spacial score (nSPS) is 15.5. The summed E-state index contributed by atoms with van der Waals surface area (Å²) in [5.41, 5.74) is 0.844. The number of amides is 1. The number of hydrogen-bond acceptors (Lipinski definition) is 3. The lowest BCUT2D eigenvalue weighted by molar-refractivity contribution is -0.133. The molecule has 1 N–H and O–H groups in total. The number of Topliss-reactive ketones (excluding diaryl/α,β-unsaturated/α-hetero) is 1. The first kappa shape index (κ1) is 7.67. The molecule has 0 saturated carbocycles. The minimum atomic E-state index is -0.597. The number of nitrogens with zero attached hydrogens (tertiary/aromatic N) is 1. The predicted octanol–water partition coefficient (Wildman–Crippen LogP) is 0.121. The van der Waals surface area contributed by atoms with Gasteiger partial charge in [-0.2, -0.15) is 0 Å². The molecule has 1 amide bonds. The van der Waals surface area contributed by atoms with Crippen molar-refractivity contribution in [1.29, 1.82) is 0 Å². The summed E-state index contributed by atoms with van der Waals surface area (Å²) in [6.45, 7) is 0. The van der Waals surface area contributed by atoms with Crippen molar-refractivity contribution in [2.24, 2.45) is 0 Å². The van der Waals surface area contributed by atoms with Crippen LogP contribution in [0.1, 0.15) is 5.69 Å². The molecule has 64 valence electrons. The molecular formula is C9H6N2O2. The van der Waals surface area contributed by atoms with Crippen molar-refractivity contribution in [2.45, 2.75) is 0 Å². The lowest BCUT2D eigenvalue weighted by Gasteiger charge is -1.95. The van der Waals surface area contributed by atoms with Gasteiger partial charge in [0, 0.05) is 12.4 Å². The van der Waals surface area contributed by atoms with Gasteiger partial charge >= 0.3 is 0 Å².